The van der Waals surface area contributed by atoms with Crippen molar-refractivity contribution in [1.82, 2.24) is 9.29 Å². The molecule has 0 radical (unpaired) electrons. The summed E-state index contributed by atoms with van der Waals surface area (Å²) in [5.74, 6) is 0.794. The van der Waals surface area contributed by atoms with Crippen LogP contribution in [0.25, 0.3) is 0 Å². The monoisotopic (exact) mass is 394 g/mol. The van der Waals surface area contributed by atoms with Crippen molar-refractivity contribution in [1.29, 1.82) is 0 Å². The molecule has 0 saturated carbocycles. The molecule has 2 aromatic rings. The quantitative estimate of drug-likeness (QED) is 0.480. The van der Waals surface area contributed by atoms with Crippen LogP contribution in [0.4, 0.5) is 0 Å². The number of sulfonamides is 1. The lowest BCUT2D eigenvalue weighted by molar-refractivity contribution is 0.102. The van der Waals surface area contributed by atoms with Gasteiger partial charge < -0.3 is 4.74 Å². The molecule has 26 heavy (non-hydrogen) atoms. The van der Waals surface area contributed by atoms with E-state index in [1.165, 1.54) is 28.3 Å². The number of carbonyl (C=O) groups is 1. The third-order valence-corrected chi connectivity index (χ3v) is 6.77. The van der Waals surface area contributed by atoms with Crippen LogP contribution in [-0.4, -0.2) is 49.4 Å². The van der Waals surface area contributed by atoms with Crippen molar-refractivity contribution >= 4 is 27.6 Å². The predicted molar refractivity (Wildman–Crippen MR) is 102 cm³/mol. The van der Waals surface area contributed by atoms with E-state index in [-0.39, 0.29) is 16.4 Å². The second kappa shape index (κ2) is 9.16. The van der Waals surface area contributed by atoms with Crippen LogP contribution in [0, 0.1) is 0 Å². The molecule has 6 nitrogen and oxygen atoms in total. The summed E-state index contributed by atoms with van der Waals surface area (Å²) in [4.78, 5) is 16.6. The molecule has 0 unspecified atom stereocenters. The number of carbonyl (C=O) groups excluding carboxylic acids is 1. The van der Waals surface area contributed by atoms with Gasteiger partial charge in [-0.15, -0.1) is 0 Å². The topological polar surface area (TPSA) is 76.6 Å². The van der Waals surface area contributed by atoms with Crippen LogP contribution >= 0.6 is 11.8 Å². The van der Waals surface area contributed by atoms with Crippen molar-refractivity contribution < 1.29 is 17.9 Å². The number of benzene rings is 1. The summed E-state index contributed by atoms with van der Waals surface area (Å²) >= 11 is 1.27. The maximum Gasteiger partial charge on any atom is 0.244 e. The number of ether oxygens (including phenoxy) is 1. The smallest absolute Gasteiger partial charge is 0.244 e. The summed E-state index contributed by atoms with van der Waals surface area (Å²) in [5.41, 5.74) is 0.567. The summed E-state index contributed by atoms with van der Waals surface area (Å²) in [7, 11) is -1.97. The summed E-state index contributed by atoms with van der Waals surface area (Å²) in [5, 5.41) is 0.597. The second-order valence-corrected chi connectivity index (χ2v) is 8.30. The third kappa shape index (κ3) is 4.84. The lowest BCUT2D eigenvalue weighted by Crippen LogP contribution is -2.30. The summed E-state index contributed by atoms with van der Waals surface area (Å²) in [6, 6.07) is 10.1. The predicted octanol–water partition coefficient (Wildman–Crippen LogP) is 3.10. The Bertz CT molecular complexity index is 848. The van der Waals surface area contributed by atoms with E-state index in [1.54, 1.807) is 51.3 Å². The minimum atomic E-state index is -3.52. The van der Waals surface area contributed by atoms with Crippen LogP contribution in [0.2, 0.25) is 0 Å². The van der Waals surface area contributed by atoms with Crippen LogP contribution in [0.3, 0.4) is 0 Å². The van der Waals surface area contributed by atoms with Crippen LogP contribution in [0.15, 0.2) is 52.5 Å². The van der Waals surface area contributed by atoms with Gasteiger partial charge >= 0.3 is 0 Å². The Morgan fingerprint density at radius 1 is 1.19 bits per heavy atom. The van der Waals surface area contributed by atoms with Crippen molar-refractivity contribution in [2.75, 3.05) is 26.0 Å². The molecule has 0 amide bonds. The Morgan fingerprint density at radius 3 is 2.50 bits per heavy atom. The van der Waals surface area contributed by atoms with E-state index >= 15 is 0 Å². The number of rotatable bonds is 9. The number of aromatic nitrogens is 1. The van der Waals surface area contributed by atoms with E-state index in [2.05, 4.69) is 4.98 Å². The van der Waals surface area contributed by atoms with Crippen LogP contribution in [0.5, 0.6) is 5.75 Å². The zero-order chi connectivity index (χ0) is 19.2. The molecule has 8 heteroatoms. The highest BCUT2D eigenvalue weighted by molar-refractivity contribution is 7.99. The molecular weight excluding hydrogens is 372 g/mol. The fourth-order valence-corrected chi connectivity index (χ4v) is 4.48. The summed E-state index contributed by atoms with van der Waals surface area (Å²) < 4.78 is 31.4. The molecule has 0 saturated heterocycles. The van der Waals surface area contributed by atoms with Crippen molar-refractivity contribution in [2.45, 2.75) is 23.8 Å². The van der Waals surface area contributed by atoms with E-state index in [0.29, 0.717) is 29.4 Å². The first-order chi connectivity index (χ1) is 12.4. The lowest BCUT2D eigenvalue weighted by atomic mass is 10.1. The number of pyridine rings is 1. The molecule has 0 aliphatic carbocycles. The van der Waals surface area contributed by atoms with Gasteiger partial charge in [-0.1, -0.05) is 37.7 Å². The number of hydrogen-bond donors (Lipinski definition) is 0. The Hall–Kier alpha value is -1.90. The SMILES string of the molecule is CCN(CC)S(=O)(=O)c1ccc(SCC(=O)c2cccc(OC)c2)nc1. The number of ketones is 1. The van der Waals surface area contributed by atoms with Gasteiger partial charge in [0.2, 0.25) is 10.0 Å². The molecule has 1 heterocycles. The molecule has 0 bridgehead atoms. The average Bonchev–Trinajstić information content (AvgIpc) is 2.67. The maximum atomic E-state index is 12.4. The number of thioether (sulfide) groups is 1. The third-order valence-electron chi connectivity index (χ3n) is 3.80. The number of nitrogens with zero attached hydrogens (tertiary/aromatic N) is 2. The number of hydrogen-bond acceptors (Lipinski definition) is 6. The summed E-state index contributed by atoms with van der Waals surface area (Å²) in [6.45, 7) is 4.40. The molecule has 140 valence electrons. The van der Waals surface area contributed by atoms with Crippen molar-refractivity contribution in [3.05, 3.63) is 48.2 Å². The zero-order valence-corrected chi connectivity index (χ0v) is 16.6. The van der Waals surface area contributed by atoms with E-state index in [4.69, 9.17) is 4.74 Å². The first-order valence-electron chi connectivity index (χ1n) is 8.18. The highest BCUT2D eigenvalue weighted by Crippen LogP contribution is 2.21. The maximum absolute atomic E-state index is 12.4. The highest BCUT2D eigenvalue weighted by atomic mass is 32.2. The minimum Gasteiger partial charge on any atom is -0.497 e. The minimum absolute atomic E-state index is 0.0458. The molecule has 0 fully saturated rings. The largest absolute Gasteiger partial charge is 0.497 e. The van der Waals surface area contributed by atoms with Crippen molar-refractivity contribution in [2.24, 2.45) is 0 Å². The van der Waals surface area contributed by atoms with Gasteiger partial charge in [0.05, 0.1) is 17.9 Å². The van der Waals surface area contributed by atoms with Crippen LogP contribution in [0.1, 0.15) is 24.2 Å². The van der Waals surface area contributed by atoms with Gasteiger partial charge in [-0.2, -0.15) is 4.31 Å². The van der Waals surface area contributed by atoms with Crippen LogP contribution in [-0.2, 0) is 10.0 Å². The summed E-state index contributed by atoms with van der Waals surface area (Å²) in [6.07, 6.45) is 1.34. The molecular formula is C18H22N2O4S2. The average molecular weight is 395 g/mol. The number of methoxy groups -OCH3 is 1. The van der Waals surface area contributed by atoms with Gasteiger partial charge in [0.1, 0.15) is 10.6 Å². The van der Waals surface area contributed by atoms with Gasteiger partial charge in [-0.25, -0.2) is 13.4 Å². The van der Waals surface area contributed by atoms with Gasteiger partial charge in [-0.05, 0) is 24.3 Å². The fraction of sp³-hybridized carbons (Fsp3) is 0.333. The van der Waals surface area contributed by atoms with E-state index in [0.717, 1.165) is 0 Å². The van der Waals surface area contributed by atoms with Crippen molar-refractivity contribution in [3.8, 4) is 5.75 Å². The highest BCUT2D eigenvalue weighted by Gasteiger charge is 2.21. The molecule has 0 aliphatic rings. The van der Waals surface area contributed by atoms with Gasteiger partial charge in [0.25, 0.3) is 0 Å². The lowest BCUT2D eigenvalue weighted by Gasteiger charge is -2.18. The molecule has 1 aromatic carbocycles. The van der Waals surface area contributed by atoms with Gasteiger partial charge in [0.15, 0.2) is 5.78 Å². The van der Waals surface area contributed by atoms with E-state index in [1.807, 2.05) is 0 Å². The van der Waals surface area contributed by atoms with Crippen LogP contribution < -0.4 is 4.74 Å². The van der Waals surface area contributed by atoms with E-state index in [9.17, 15) is 13.2 Å². The van der Waals surface area contributed by atoms with Crippen molar-refractivity contribution in [3.63, 3.8) is 0 Å². The Labute approximate surface area is 158 Å². The molecule has 1 aromatic heterocycles. The Morgan fingerprint density at radius 2 is 1.92 bits per heavy atom. The van der Waals surface area contributed by atoms with Gasteiger partial charge in [0, 0.05) is 24.8 Å². The van der Waals surface area contributed by atoms with E-state index < -0.39 is 10.0 Å². The second-order valence-electron chi connectivity index (χ2n) is 5.37. The Balaban J connectivity index is 2.04. The molecule has 0 atom stereocenters. The number of Topliss-reactive ketones (excluding diaryl/α,β-unsaturated/α-hetero) is 1. The first kappa shape index (κ1) is 20.4. The first-order valence-corrected chi connectivity index (χ1v) is 10.6. The molecule has 0 spiro atoms. The molecule has 0 aliphatic heterocycles. The Kier molecular flexibility index (Phi) is 7.19. The fourth-order valence-electron chi connectivity index (χ4n) is 2.34. The molecule has 0 N–H and O–H groups in total. The van der Waals surface area contributed by atoms with Gasteiger partial charge in [-0.3, -0.25) is 4.79 Å². The normalized spacial score (nSPS) is 11.5. The zero-order valence-electron chi connectivity index (χ0n) is 15.0. The molecule has 2 rings (SSSR count). The standard InChI is InChI=1S/C18H22N2O4S2/c1-4-20(5-2)26(22,23)16-9-10-18(19-12-16)25-13-17(21)14-7-6-8-15(11-14)24-3/h6-12H,4-5,13H2,1-3H3.